The van der Waals surface area contributed by atoms with Gasteiger partial charge in [-0.05, 0) is 55.2 Å². The van der Waals surface area contributed by atoms with Gasteiger partial charge in [0.15, 0.2) is 5.96 Å². The lowest BCUT2D eigenvalue weighted by molar-refractivity contribution is -0.131. The van der Waals surface area contributed by atoms with Gasteiger partial charge in [-0.3, -0.25) is 19.4 Å². The minimum absolute atomic E-state index is 0.0362. The van der Waals surface area contributed by atoms with Crippen LogP contribution in [0.25, 0.3) is 6.08 Å². The average Bonchev–Trinajstić information content (AvgIpc) is 3.05. The Bertz CT molecular complexity index is 1350. The number of carbonyl (C=O) groups is 4. The summed E-state index contributed by atoms with van der Waals surface area (Å²) >= 11 is 0. The Labute approximate surface area is 277 Å². The van der Waals surface area contributed by atoms with Crippen LogP contribution in [0.3, 0.4) is 0 Å². The molecule has 4 atom stereocenters. The molecule has 3 rings (SSSR count). The normalized spacial score (nSPS) is 17.3. The van der Waals surface area contributed by atoms with Crippen molar-refractivity contribution in [2.45, 2.75) is 89.6 Å². The SMILES string of the molecule is CC(C)C[C@H](NC(=O)[C@H](CCCN=C(N)N)NC(=O)OCc1ccccc1)C(=O)NC1CCCCC1NC(=O)/C=C/c1ccccc1. The number of alkyl carbamates (subject to hydrolysis) is 1. The first-order chi connectivity index (χ1) is 22.6. The van der Waals surface area contributed by atoms with Crippen LogP contribution in [0.15, 0.2) is 71.7 Å². The van der Waals surface area contributed by atoms with E-state index >= 15 is 0 Å². The van der Waals surface area contributed by atoms with Crippen molar-refractivity contribution < 1.29 is 23.9 Å². The van der Waals surface area contributed by atoms with E-state index < -0.39 is 24.1 Å². The number of nitrogens with zero attached hydrogens (tertiary/aromatic N) is 1. The van der Waals surface area contributed by atoms with Crippen LogP contribution >= 0.6 is 0 Å². The molecule has 0 saturated heterocycles. The number of hydrogen-bond donors (Lipinski definition) is 6. The third-order valence-corrected chi connectivity index (χ3v) is 7.75. The first kappa shape index (κ1) is 36.6. The quantitative estimate of drug-likeness (QED) is 0.0698. The van der Waals surface area contributed by atoms with Crippen molar-refractivity contribution in [2.75, 3.05) is 6.54 Å². The summed E-state index contributed by atoms with van der Waals surface area (Å²) < 4.78 is 5.34. The monoisotopic (exact) mass is 647 g/mol. The van der Waals surface area contributed by atoms with E-state index in [9.17, 15) is 19.2 Å². The number of guanidine groups is 1. The van der Waals surface area contributed by atoms with Gasteiger partial charge >= 0.3 is 6.09 Å². The van der Waals surface area contributed by atoms with Crippen molar-refractivity contribution in [1.82, 2.24) is 21.3 Å². The molecular weight excluding hydrogens is 598 g/mol. The van der Waals surface area contributed by atoms with Crippen molar-refractivity contribution >= 4 is 35.9 Å². The van der Waals surface area contributed by atoms with Crippen molar-refractivity contribution in [3.8, 4) is 0 Å². The maximum absolute atomic E-state index is 13.7. The molecule has 47 heavy (non-hydrogen) atoms. The number of amides is 4. The molecule has 0 spiro atoms. The Kier molecular flexibility index (Phi) is 15.3. The first-order valence-corrected chi connectivity index (χ1v) is 16.3. The second kappa shape index (κ2) is 19.6. The van der Waals surface area contributed by atoms with E-state index in [-0.39, 0.29) is 55.3 Å². The summed E-state index contributed by atoms with van der Waals surface area (Å²) in [4.78, 5) is 56.6. The topological polar surface area (TPSA) is 190 Å². The summed E-state index contributed by atoms with van der Waals surface area (Å²) in [6.45, 7) is 4.22. The minimum Gasteiger partial charge on any atom is -0.445 e. The van der Waals surface area contributed by atoms with E-state index in [1.807, 2.05) is 74.5 Å². The number of aliphatic imine (C=N–C) groups is 1. The zero-order valence-corrected chi connectivity index (χ0v) is 27.3. The van der Waals surface area contributed by atoms with Crippen LogP contribution in [0.2, 0.25) is 0 Å². The van der Waals surface area contributed by atoms with Crippen LogP contribution < -0.4 is 32.7 Å². The Hall–Kier alpha value is -4.87. The minimum atomic E-state index is -0.993. The number of hydrogen-bond acceptors (Lipinski definition) is 6. The van der Waals surface area contributed by atoms with Gasteiger partial charge in [0.25, 0.3) is 0 Å². The van der Waals surface area contributed by atoms with Gasteiger partial charge in [0.2, 0.25) is 17.7 Å². The molecule has 0 radical (unpaired) electrons. The third-order valence-electron chi connectivity index (χ3n) is 7.75. The van der Waals surface area contributed by atoms with Crippen LogP contribution in [-0.2, 0) is 25.7 Å². The first-order valence-electron chi connectivity index (χ1n) is 16.3. The molecule has 4 amide bonds. The molecule has 0 aliphatic heterocycles. The van der Waals surface area contributed by atoms with Gasteiger partial charge in [-0.25, -0.2) is 4.79 Å². The summed E-state index contributed by atoms with van der Waals surface area (Å²) in [7, 11) is 0. The Morgan fingerprint density at radius 3 is 2.15 bits per heavy atom. The highest BCUT2D eigenvalue weighted by Crippen LogP contribution is 2.20. The Morgan fingerprint density at radius 1 is 0.872 bits per heavy atom. The summed E-state index contributed by atoms with van der Waals surface area (Å²) in [5.74, 6) is -1.09. The van der Waals surface area contributed by atoms with Crippen molar-refractivity contribution in [3.05, 3.63) is 77.9 Å². The van der Waals surface area contributed by atoms with Crippen LogP contribution in [0, 0.1) is 5.92 Å². The largest absolute Gasteiger partial charge is 0.445 e. The predicted octanol–water partition coefficient (Wildman–Crippen LogP) is 3.12. The van der Waals surface area contributed by atoms with E-state index in [0.717, 1.165) is 30.4 Å². The molecule has 0 heterocycles. The van der Waals surface area contributed by atoms with Gasteiger partial charge in [-0.2, -0.15) is 0 Å². The van der Waals surface area contributed by atoms with Crippen molar-refractivity contribution in [2.24, 2.45) is 22.4 Å². The lowest BCUT2D eigenvalue weighted by atomic mass is 9.89. The molecule has 1 aliphatic carbocycles. The number of ether oxygens (including phenoxy) is 1. The molecule has 1 saturated carbocycles. The standard InChI is InChI=1S/C35H49N7O5/c1-24(2)22-30(33(45)40-28-17-10-9-16-27(28)39-31(43)20-19-25-12-5-3-6-13-25)41-32(44)29(18-11-21-38-34(36)37)42-35(46)47-23-26-14-7-4-8-15-26/h3-8,12-15,19-20,24,27-30H,9-11,16-18,21-23H2,1-2H3,(H,39,43)(H,40,45)(H,41,44)(H,42,46)(H4,36,37,38)/b20-19+/t27?,28?,29-,30-/m0/s1. The van der Waals surface area contributed by atoms with Crippen LogP contribution in [0.1, 0.15) is 69.9 Å². The fraction of sp³-hybridized carbons (Fsp3) is 0.457. The molecule has 12 nitrogen and oxygen atoms in total. The highest BCUT2D eigenvalue weighted by atomic mass is 16.5. The van der Waals surface area contributed by atoms with E-state index in [0.29, 0.717) is 19.3 Å². The van der Waals surface area contributed by atoms with Gasteiger partial charge in [-0.1, -0.05) is 87.4 Å². The van der Waals surface area contributed by atoms with Crippen LogP contribution in [-0.4, -0.2) is 60.5 Å². The van der Waals surface area contributed by atoms with E-state index in [1.165, 1.54) is 6.08 Å². The van der Waals surface area contributed by atoms with Crippen LogP contribution in [0.4, 0.5) is 4.79 Å². The summed E-state index contributed by atoms with van der Waals surface area (Å²) in [5.41, 5.74) is 12.6. The maximum atomic E-state index is 13.7. The fourth-order valence-corrected chi connectivity index (χ4v) is 5.38. The molecule has 1 fully saturated rings. The lowest BCUT2D eigenvalue weighted by Crippen LogP contribution is -2.58. The number of carbonyl (C=O) groups excluding carboxylic acids is 4. The number of rotatable bonds is 16. The molecule has 0 aromatic heterocycles. The molecule has 1 aliphatic rings. The molecular formula is C35H49N7O5. The molecule has 12 heteroatoms. The predicted molar refractivity (Wildman–Crippen MR) is 183 cm³/mol. The average molecular weight is 648 g/mol. The number of nitrogens with one attached hydrogen (secondary N) is 4. The highest BCUT2D eigenvalue weighted by molar-refractivity contribution is 5.93. The summed E-state index contributed by atoms with van der Waals surface area (Å²) in [6, 6.07) is 16.3. The van der Waals surface area contributed by atoms with Gasteiger partial charge in [0, 0.05) is 24.7 Å². The third kappa shape index (κ3) is 14.0. The molecule has 2 aromatic rings. The molecule has 2 aromatic carbocycles. The van der Waals surface area contributed by atoms with Gasteiger partial charge in [0.05, 0.1) is 0 Å². The van der Waals surface area contributed by atoms with Crippen molar-refractivity contribution in [1.29, 1.82) is 0 Å². The summed E-state index contributed by atoms with van der Waals surface area (Å²) in [5, 5.41) is 11.6. The zero-order chi connectivity index (χ0) is 34.0. The molecule has 0 bridgehead atoms. The molecule has 254 valence electrons. The van der Waals surface area contributed by atoms with E-state index in [1.54, 1.807) is 6.08 Å². The number of nitrogens with two attached hydrogens (primary N) is 2. The lowest BCUT2D eigenvalue weighted by Gasteiger charge is -2.34. The molecule has 8 N–H and O–H groups in total. The smallest absolute Gasteiger partial charge is 0.408 e. The number of benzene rings is 2. The van der Waals surface area contributed by atoms with E-state index in [2.05, 4.69) is 26.3 Å². The van der Waals surface area contributed by atoms with Gasteiger partial charge in [-0.15, -0.1) is 0 Å². The Balaban J connectivity index is 1.65. The fourth-order valence-electron chi connectivity index (χ4n) is 5.38. The second-order valence-corrected chi connectivity index (χ2v) is 12.2. The second-order valence-electron chi connectivity index (χ2n) is 12.2. The summed E-state index contributed by atoms with van der Waals surface area (Å²) in [6.07, 6.45) is 6.74. The van der Waals surface area contributed by atoms with Crippen LogP contribution in [0.5, 0.6) is 0 Å². The molecule has 2 unspecified atom stereocenters. The van der Waals surface area contributed by atoms with Gasteiger partial charge < -0.3 is 37.5 Å². The highest BCUT2D eigenvalue weighted by Gasteiger charge is 2.32. The zero-order valence-electron chi connectivity index (χ0n) is 27.3. The van der Waals surface area contributed by atoms with Gasteiger partial charge in [0.1, 0.15) is 18.7 Å². The van der Waals surface area contributed by atoms with Crippen molar-refractivity contribution in [3.63, 3.8) is 0 Å². The van der Waals surface area contributed by atoms with E-state index in [4.69, 9.17) is 16.2 Å². The maximum Gasteiger partial charge on any atom is 0.408 e. The Morgan fingerprint density at radius 2 is 1.51 bits per heavy atom.